The first-order valence-electron chi connectivity index (χ1n) is 7.71. The maximum Gasteiger partial charge on any atom is 0.252 e. The Labute approximate surface area is 124 Å². The van der Waals surface area contributed by atoms with Crippen molar-refractivity contribution in [2.75, 3.05) is 0 Å². The second-order valence-corrected chi connectivity index (χ2v) is 7.34. The number of aliphatic hydroxyl groups excluding tert-OH is 1. The van der Waals surface area contributed by atoms with Crippen LogP contribution in [0.1, 0.15) is 59.8 Å². The first-order chi connectivity index (χ1) is 9.63. The van der Waals surface area contributed by atoms with Gasteiger partial charge in [-0.25, -0.2) is 0 Å². The van der Waals surface area contributed by atoms with Crippen molar-refractivity contribution in [3.63, 3.8) is 0 Å². The van der Waals surface area contributed by atoms with Crippen LogP contribution in [0, 0.1) is 5.92 Å². The molecule has 0 aromatic carbocycles. The highest BCUT2D eigenvalue weighted by atomic mass is 32.1. The van der Waals surface area contributed by atoms with E-state index in [1.807, 2.05) is 5.38 Å². The van der Waals surface area contributed by atoms with E-state index in [2.05, 4.69) is 12.2 Å². The number of amides is 1. The summed E-state index contributed by atoms with van der Waals surface area (Å²) in [5.74, 6) is 0.843. The predicted octanol–water partition coefficient (Wildman–Crippen LogP) is 2.91. The molecule has 0 spiro atoms. The van der Waals surface area contributed by atoms with E-state index in [9.17, 15) is 9.90 Å². The summed E-state index contributed by atoms with van der Waals surface area (Å²) >= 11 is 1.75. The highest BCUT2D eigenvalue weighted by molar-refractivity contribution is 7.10. The molecule has 1 aromatic heterocycles. The van der Waals surface area contributed by atoms with Gasteiger partial charge in [-0.2, -0.15) is 0 Å². The quantitative estimate of drug-likeness (QED) is 0.881. The second-order valence-electron chi connectivity index (χ2n) is 6.38. The van der Waals surface area contributed by atoms with Crippen molar-refractivity contribution in [1.82, 2.24) is 5.32 Å². The lowest BCUT2D eigenvalue weighted by Gasteiger charge is -2.26. The van der Waals surface area contributed by atoms with Crippen LogP contribution >= 0.6 is 11.3 Å². The van der Waals surface area contributed by atoms with E-state index in [1.54, 1.807) is 11.3 Å². The summed E-state index contributed by atoms with van der Waals surface area (Å²) in [6.07, 6.45) is 6.62. The fraction of sp³-hybridized carbons (Fsp3) is 0.688. The molecule has 1 fully saturated rings. The molecule has 1 saturated carbocycles. The first-order valence-corrected chi connectivity index (χ1v) is 8.59. The first kappa shape index (κ1) is 14.1. The van der Waals surface area contributed by atoms with E-state index >= 15 is 0 Å². The van der Waals surface area contributed by atoms with Crippen LogP contribution in [0.5, 0.6) is 0 Å². The van der Waals surface area contributed by atoms with Crippen LogP contribution in [0.15, 0.2) is 5.38 Å². The Morgan fingerprint density at radius 3 is 2.80 bits per heavy atom. The molecule has 110 valence electrons. The third-order valence-electron chi connectivity index (χ3n) is 4.68. The molecule has 20 heavy (non-hydrogen) atoms. The number of hydrogen-bond donors (Lipinski definition) is 2. The van der Waals surface area contributed by atoms with Gasteiger partial charge in [-0.15, -0.1) is 11.3 Å². The molecule has 1 amide bonds. The minimum absolute atomic E-state index is 0.0958. The Hall–Kier alpha value is -0.870. The average Bonchev–Trinajstić information content (AvgIpc) is 2.84. The van der Waals surface area contributed by atoms with Crippen LogP contribution in [-0.4, -0.2) is 23.2 Å². The molecule has 0 saturated heterocycles. The third kappa shape index (κ3) is 2.91. The molecular weight excluding hydrogens is 270 g/mol. The smallest absolute Gasteiger partial charge is 0.252 e. The van der Waals surface area contributed by atoms with Crippen LogP contribution in [-0.2, 0) is 12.8 Å². The normalized spacial score (nSPS) is 29.8. The van der Waals surface area contributed by atoms with Crippen LogP contribution in [0.4, 0.5) is 0 Å². The molecule has 0 aliphatic heterocycles. The van der Waals surface area contributed by atoms with E-state index in [4.69, 9.17) is 0 Å². The van der Waals surface area contributed by atoms with Crippen molar-refractivity contribution in [2.24, 2.45) is 5.92 Å². The molecule has 3 nitrogen and oxygen atoms in total. The van der Waals surface area contributed by atoms with Crippen molar-refractivity contribution >= 4 is 17.2 Å². The van der Waals surface area contributed by atoms with Gasteiger partial charge in [0, 0.05) is 16.3 Å². The van der Waals surface area contributed by atoms with Crippen molar-refractivity contribution in [1.29, 1.82) is 0 Å². The van der Waals surface area contributed by atoms with Crippen LogP contribution in [0.25, 0.3) is 0 Å². The molecule has 1 unspecified atom stereocenters. The summed E-state index contributed by atoms with van der Waals surface area (Å²) in [4.78, 5) is 13.9. The largest absolute Gasteiger partial charge is 0.393 e. The van der Waals surface area contributed by atoms with Gasteiger partial charge in [-0.1, -0.05) is 6.92 Å². The zero-order chi connectivity index (χ0) is 14.1. The zero-order valence-corrected chi connectivity index (χ0v) is 12.8. The van der Waals surface area contributed by atoms with Gasteiger partial charge in [0.15, 0.2) is 0 Å². The molecule has 2 aliphatic rings. The Balaban J connectivity index is 1.66. The third-order valence-corrected chi connectivity index (χ3v) is 5.73. The molecule has 3 rings (SSSR count). The maximum absolute atomic E-state index is 12.4. The summed E-state index contributed by atoms with van der Waals surface area (Å²) < 4.78 is 0. The van der Waals surface area contributed by atoms with E-state index in [-0.39, 0.29) is 18.1 Å². The Morgan fingerprint density at radius 2 is 2.05 bits per heavy atom. The number of aliphatic hydroxyl groups is 1. The topological polar surface area (TPSA) is 49.3 Å². The van der Waals surface area contributed by atoms with Crippen molar-refractivity contribution in [3.8, 4) is 0 Å². The molecule has 4 heteroatoms. The fourth-order valence-electron chi connectivity index (χ4n) is 3.35. The maximum atomic E-state index is 12.4. The highest BCUT2D eigenvalue weighted by Gasteiger charge is 2.26. The van der Waals surface area contributed by atoms with Gasteiger partial charge < -0.3 is 10.4 Å². The zero-order valence-electron chi connectivity index (χ0n) is 12.0. The number of rotatable bonds is 2. The Kier molecular flexibility index (Phi) is 4.13. The standard InChI is InChI=1S/C16H23NO2S/c1-10-2-7-13-14(9-20-15(13)8-10)16(19)17-11-3-5-12(18)6-4-11/h9-12,18H,2-8H2,1H3,(H,17,19). The van der Waals surface area contributed by atoms with E-state index in [1.165, 1.54) is 16.9 Å². The van der Waals surface area contributed by atoms with E-state index in [0.717, 1.165) is 50.0 Å². The predicted molar refractivity (Wildman–Crippen MR) is 81.2 cm³/mol. The molecule has 1 atom stereocenters. The number of thiophene rings is 1. The summed E-state index contributed by atoms with van der Waals surface area (Å²) in [6, 6.07) is 0.240. The van der Waals surface area contributed by atoms with Gasteiger partial charge >= 0.3 is 0 Å². The summed E-state index contributed by atoms with van der Waals surface area (Å²) in [5, 5.41) is 14.7. The van der Waals surface area contributed by atoms with E-state index < -0.39 is 0 Å². The molecular formula is C16H23NO2S. The molecule has 2 N–H and O–H groups in total. The Bertz CT molecular complexity index is 489. The van der Waals surface area contributed by atoms with Gasteiger partial charge in [0.05, 0.1) is 11.7 Å². The number of nitrogens with one attached hydrogen (secondary N) is 1. The number of fused-ring (bicyclic) bond motifs is 1. The molecule has 0 bridgehead atoms. The van der Waals surface area contributed by atoms with Gasteiger partial charge in [-0.3, -0.25) is 4.79 Å². The van der Waals surface area contributed by atoms with E-state index in [0.29, 0.717) is 0 Å². The van der Waals surface area contributed by atoms with Crippen LogP contribution in [0.2, 0.25) is 0 Å². The molecule has 2 aliphatic carbocycles. The molecule has 1 aromatic rings. The minimum atomic E-state index is -0.168. The summed E-state index contributed by atoms with van der Waals surface area (Å²) in [6.45, 7) is 2.29. The lowest BCUT2D eigenvalue weighted by Crippen LogP contribution is -2.38. The lowest BCUT2D eigenvalue weighted by molar-refractivity contribution is 0.0867. The van der Waals surface area contributed by atoms with Gasteiger partial charge in [0.2, 0.25) is 0 Å². The molecule has 1 heterocycles. The SMILES string of the molecule is CC1CCc2c(C(=O)NC3CCC(O)CC3)csc2C1. The molecule has 0 radical (unpaired) electrons. The van der Waals surface area contributed by atoms with Crippen molar-refractivity contribution in [3.05, 3.63) is 21.4 Å². The minimum Gasteiger partial charge on any atom is -0.393 e. The number of carbonyl (C=O) groups is 1. The van der Waals surface area contributed by atoms with Crippen molar-refractivity contribution < 1.29 is 9.90 Å². The number of hydrogen-bond acceptors (Lipinski definition) is 3. The van der Waals surface area contributed by atoms with Crippen molar-refractivity contribution in [2.45, 2.75) is 64.0 Å². The number of carbonyl (C=O) groups excluding carboxylic acids is 1. The van der Waals surface area contributed by atoms with Gasteiger partial charge in [0.25, 0.3) is 5.91 Å². The second kappa shape index (κ2) is 5.86. The highest BCUT2D eigenvalue weighted by Crippen LogP contribution is 2.33. The van der Waals surface area contributed by atoms with Gasteiger partial charge in [0.1, 0.15) is 0 Å². The van der Waals surface area contributed by atoms with Crippen LogP contribution < -0.4 is 5.32 Å². The fourth-order valence-corrected chi connectivity index (χ4v) is 4.60. The summed E-state index contributed by atoms with van der Waals surface area (Å²) in [7, 11) is 0. The average molecular weight is 293 g/mol. The summed E-state index contributed by atoms with van der Waals surface area (Å²) in [5.41, 5.74) is 2.20. The van der Waals surface area contributed by atoms with Crippen LogP contribution in [0.3, 0.4) is 0 Å². The monoisotopic (exact) mass is 293 g/mol. The van der Waals surface area contributed by atoms with Gasteiger partial charge in [-0.05, 0) is 56.4 Å². The Morgan fingerprint density at radius 1 is 1.30 bits per heavy atom. The lowest BCUT2D eigenvalue weighted by atomic mass is 9.88.